The van der Waals surface area contributed by atoms with Gasteiger partial charge in [-0.05, 0) is 18.6 Å². The van der Waals surface area contributed by atoms with Crippen molar-refractivity contribution in [2.45, 2.75) is 12.5 Å². The van der Waals surface area contributed by atoms with Gasteiger partial charge in [-0.25, -0.2) is 0 Å². The Morgan fingerprint density at radius 1 is 1.56 bits per heavy atom. The number of hydrogen-bond donors (Lipinski definition) is 0. The largest absolute Gasteiger partial charge is 0.490 e. The van der Waals surface area contributed by atoms with Crippen molar-refractivity contribution in [2.75, 3.05) is 24.7 Å². The van der Waals surface area contributed by atoms with Gasteiger partial charge in [0, 0.05) is 12.1 Å². The molecule has 0 spiro atoms. The Bertz CT molecular complexity index is 415. The summed E-state index contributed by atoms with van der Waals surface area (Å²) < 4.78 is 10.8. The van der Waals surface area contributed by atoms with E-state index < -0.39 is 0 Å². The molecule has 4 heteroatoms. The monoisotopic (exact) mass is 219 g/mol. The van der Waals surface area contributed by atoms with Crippen LogP contribution in [0.15, 0.2) is 18.2 Å². The van der Waals surface area contributed by atoms with Gasteiger partial charge < -0.3 is 14.4 Å². The first kappa shape index (κ1) is 9.66. The van der Waals surface area contributed by atoms with E-state index in [0.29, 0.717) is 6.61 Å². The van der Waals surface area contributed by atoms with Crippen LogP contribution >= 0.6 is 0 Å². The minimum absolute atomic E-state index is 0.263. The number of hydrogen-bond acceptors (Lipinski definition) is 3. The number of carbonyl (C=O) groups is 1. The van der Waals surface area contributed by atoms with Crippen molar-refractivity contribution in [3.05, 3.63) is 23.8 Å². The lowest BCUT2D eigenvalue weighted by Gasteiger charge is -2.12. The molecule has 1 aromatic rings. The number of carbonyl (C=O) groups excluding carboxylic acids is 1. The summed E-state index contributed by atoms with van der Waals surface area (Å²) in [6.45, 7) is 2.16. The van der Waals surface area contributed by atoms with Crippen molar-refractivity contribution in [3.63, 3.8) is 0 Å². The Hall–Kier alpha value is -1.55. The lowest BCUT2D eigenvalue weighted by atomic mass is 10.1. The highest BCUT2D eigenvalue weighted by molar-refractivity contribution is 5.81. The second kappa shape index (κ2) is 3.79. The molecule has 1 atom stereocenters. The predicted octanol–water partition coefficient (Wildman–Crippen LogP) is 0.983. The quantitative estimate of drug-likeness (QED) is 0.560. The van der Waals surface area contributed by atoms with E-state index in [4.69, 9.17) is 9.47 Å². The topological polar surface area (TPSA) is 42.1 Å². The maximum absolute atomic E-state index is 10.8. The molecule has 0 aliphatic carbocycles. The third kappa shape index (κ3) is 1.65. The standard InChI is InChI=1S/C12H13NO3/c14-8-13-5-4-10-11(13)2-1-3-12(10)16-7-9-6-15-9/h1-3,8-9H,4-7H2. The predicted molar refractivity (Wildman–Crippen MR) is 58.8 cm³/mol. The summed E-state index contributed by atoms with van der Waals surface area (Å²) in [4.78, 5) is 12.5. The molecular formula is C12H13NO3. The van der Waals surface area contributed by atoms with Gasteiger partial charge in [0.05, 0.1) is 12.3 Å². The molecule has 0 N–H and O–H groups in total. The lowest BCUT2D eigenvalue weighted by Crippen LogP contribution is -2.17. The van der Waals surface area contributed by atoms with Gasteiger partial charge in [0.25, 0.3) is 0 Å². The highest BCUT2D eigenvalue weighted by Gasteiger charge is 2.25. The van der Waals surface area contributed by atoms with Crippen LogP contribution in [0, 0.1) is 0 Å². The molecule has 0 radical (unpaired) electrons. The average molecular weight is 219 g/mol. The van der Waals surface area contributed by atoms with Gasteiger partial charge in [-0.2, -0.15) is 0 Å². The van der Waals surface area contributed by atoms with Crippen molar-refractivity contribution >= 4 is 12.1 Å². The van der Waals surface area contributed by atoms with E-state index in [9.17, 15) is 4.79 Å². The molecule has 0 saturated carbocycles. The van der Waals surface area contributed by atoms with Crippen molar-refractivity contribution in [1.29, 1.82) is 0 Å². The number of fused-ring (bicyclic) bond motifs is 1. The minimum atomic E-state index is 0.263. The van der Waals surface area contributed by atoms with Gasteiger partial charge in [-0.1, -0.05) is 6.07 Å². The van der Waals surface area contributed by atoms with Gasteiger partial charge in [0.15, 0.2) is 0 Å². The van der Waals surface area contributed by atoms with E-state index in [-0.39, 0.29) is 6.10 Å². The molecule has 1 fully saturated rings. The number of amides is 1. The van der Waals surface area contributed by atoms with Crippen LogP contribution in [-0.4, -0.2) is 32.3 Å². The lowest BCUT2D eigenvalue weighted by molar-refractivity contribution is -0.107. The minimum Gasteiger partial charge on any atom is -0.490 e. The molecule has 4 nitrogen and oxygen atoms in total. The molecule has 1 amide bonds. The van der Waals surface area contributed by atoms with Crippen LogP contribution in [0.2, 0.25) is 0 Å². The molecule has 2 heterocycles. The van der Waals surface area contributed by atoms with E-state index >= 15 is 0 Å². The Labute approximate surface area is 93.8 Å². The van der Waals surface area contributed by atoms with Gasteiger partial charge in [-0.3, -0.25) is 4.79 Å². The molecule has 3 rings (SSSR count). The van der Waals surface area contributed by atoms with Gasteiger partial charge in [0.1, 0.15) is 18.5 Å². The molecule has 2 aliphatic rings. The van der Waals surface area contributed by atoms with Crippen LogP contribution in [0.3, 0.4) is 0 Å². The van der Waals surface area contributed by atoms with Crippen LogP contribution in [0.5, 0.6) is 5.75 Å². The zero-order valence-corrected chi connectivity index (χ0v) is 8.89. The van der Waals surface area contributed by atoms with Crippen LogP contribution in [0.4, 0.5) is 5.69 Å². The molecular weight excluding hydrogens is 206 g/mol. The average Bonchev–Trinajstić information content (AvgIpc) is 3.04. The van der Waals surface area contributed by atoms with Crippen molar-refractivity contribution in [2.24, 2.45) is 0 Å². The fraction of sp³-hybridized carbons (Fsp3) is 0.417. The van der Waals surface area contributed by atoms with E-state index in [1.807, 2.05) is 18.2 Å². The number of nitrogens with zero attached hydrogens (tertiary/aromatic N) is 1. The molecule has 16 heavy (non-hydrogen) atoms. The van der Waals surface area contributed by atoms with Crippen molar-refractivity contribution in [3.8, 4) is 5.75 Å². The summed E-state index contributed by atoms with van der Waals surface area (Å²) >= 11 is 0. The zero-order valence-electron chi connectivity index (χ0n) is 8.89. The number of anilines is 1. The fourth-order valence-corrected chi connectivity index (χ4v) is 2.02. The summed E-state index contributed by atoms with van der Waals surface area (Å²) in [5.74, 6) is 0.886. The zero-order chi connectivity index (χ0) is 11.0. The van der Waals surface area contributed by atoms with Gasteiger partial charge in [-0.15, -0.1) is 0 Å². The first-order valence-electron chi connectivity index (χ1n) is 5.46. The molecule has 1 unspecified atom stereocenters. The second-order valence-corrected chi connectivity index (χ2v) is 4.07. The number of rotatable bonds is 4. The Balaban J connectivity index is 1.82. The molecule has 84 valence electrons. The number of epoxide rings is 1. The van der Waals surface area contributed by atoms with Crippen LogP contribution in [0.25, 0.3) is 0 Å². The first-order valence-corrected chi connectivity index (χ1v) is 5.46. The van der Waals surface area contributed by atoms with E-state index in [1.54, 1.807) is 4.90 Å². The van der Waals surface area contributed by atoms with Crippen LogP contribution < -0.4 is 9.64 Å². The van der Waals surface area contributed by atoms with E-state index in [2.05, 4.69) is 0 Å². The van der Waals surface area contributed by atoms with Crippen LogP contribution in [0.1, 0.15) is 5.56 Å². The van der Waals surface area contributed by atoms with Gasteiger partial charge in [0.2, 0.25) is 6.41 Å². The molecule has 1 aromatic carbocycles. The normalized spacial score (nSPS) is 21.8. The van der Waals surface area contributed by atoms with Crippen molar-refractivity contribution < 1.29 is 14.3 Å². The Kier molecular flexibility index (Phi) is 2.29. The SMILES string of the molecule is O=CN1CCc2c(OCC3CO3)cccc21. The molecule has 2 aliphatic heterocycles. The fourth-order valence-electron chi connectivity index (χ4n) is 2.02. The third-order valence-electron chi connectivity index (χ3n) is 2.97. The Morgan fingerprint density at radius 3 is 3.19 bits per heavy atom. The molecule has 1 saturated heterocycles. The number of benzene rings is 1. The van der Waals surface area contributed by atoms with E-state index in [0.717, 1.165) is 43.0 Å². The Morgan fingerprint density at radius 2 is 2.44 bits per heavy atom. The summed E-state index contributed by atoms with van der Waals surface area (Å²) in [7, 11) is 0. The highest BCUT2D eigenvalue weighted by atomic mass is 16.6. The summed E-state index contributed by atoms with van der Waals surface area (Å²) in [5, 5.41) is 0. The van der Waals surface area contributed by atoms with Crippen LogP contribution in [-0.2, 0) is 16.0 Å². The third-order valence-corrected chi connectivity index (χ3v) is 2.97. The summed E-state index contributed by atoms with van der Waals surface area (Å²) in [6, 6.07) is 5.83. The second-order valence-electron chi connectivity index (χ2n) is 4.07. The van der Waals surface area contributed by atoms with E-state index in [1.165, 1.54) is 0 Å². The highest BCUT2D eigenvalue weighted by Crippen LogP contribution is 2.34. The number of ether oxygens (including phenoxy) is 2. The van der Waals surface area contributed by atoms with Gasteiger partial charge >= 0.3 is 0 Å². The smallest absolute Gasteiger partial charge is 0.214 e. The summed E-state index contributed by atoms with van der Waals surface area (Å²) in [5.41, 5.74) is 2.11. The maximum atomic E-state index is 10.8. The molecule has 0 bridgehead atoms. The summed E-state index contributed by atoms with van der Waals surface area (Å²) in [6.07, 6.45) is 2.01. The first-order chi connectivity index (χ1) is 7.88. The van der Waals surface area contributed by atoms with Crippen molar-refractivity contribution in [1.82, 2.24) is 0 Å². The molecule has 0 aromatic heterocycles. The maximum Gasteiger partial charge on any atom is 0.214 e.